The van der Waals surface area contributed by atoms with Gasteiger partial charge >= 0.3 is 0 Å². The normalized spacial score (nSPS) is 15.6. The highest BCUT2D eigenvalue weighted by Gasteiger charge is 2.23. The van der Waals surface area contributed by atoms with E-state index in [4.69, 9.17) is 0 Å². The van der Waals surface area contributed by atoms with E-state index in [0.29, 0.717) is 12.6 Å². The number of nitrogens with one attached hydrogen (secondary N) is 2. The van der Waals surface area contributed by atoms with Gasteiger partial charge in [0.25, 0.3) is 5.69 Å². The minimum absolute atomic E-state index is 0.103. The lowest BCUT2D eigenvalue weighted by Crippen LogP contribution is -2.40. The van der Waals surface area contributed by atoms with Crippen molar-refractivity contribution in [3.8, 4) is 0 Å². The van der Waals surface area contributed by atoms with Gasteiger partial charge in [-0.05, 0) is 36.3 Å². The van der Waals surface area contributed by atoms with Crippen LogP contribution in [0.1, 0.15) is 42.7 Å². The van der Waals surface area contributed by atoms with E-state index in [2.05, 4.69) is 40.1 Å². The van der Waals surface area contributed by atoms with Gasteiger partial charge in [0, 0.05) is 23.1 Å². The SMILES string of the molecule is CCC(NC(=NCc1ccc([N+](=O)[O-])cc1)NC1CC1)c1cccs1. The van der Waals surface area contributed by atoms with Crippen LogP contribution in [0.2, 0.25) is 0 Å². The van der Waals surface area contributed by atoms with E-state index in [9.17, 15) is 10.1 Å². The smallest absolute Gasteiger partial charge is 0.269 e. The van der Waals surface area contributed by atoms with Crippen molar-refractivity contribution in [2.45, 2.75) is 44.8 Å². The van der Waals surface area contributed by atoms with Gasteiger partial charge in [0.2, 0.25) is 0 Å². The van der Waals surface area contributed by atoms with Crippen molar-refractivity contribution in [2.24, 2.45) is 4.99 Å². The predicted octanol–water partition coefficient (Wildman–Crippen LogP) is 4.01. The maximum Gasteiger partial charge on any atom is 0.269 e. The molecular weight excluding hydrogens is 336 g/mol. The number of non-ortho nitro benzene ring substituents is 1. The molecule has 2 N–H and O–H groups in total. The van der Waals surface area contributed by atoms with Crippen LogP contribution in [-0.2, 0) is 6.54 Å². The number of hydrogen-bond acceptors (Lipinski definition) is 4. The van der Waals surface area contributed by atoms with Gasteiger partial charge in [-0.1, -0.05) is 25.1 Å². The molecule has 7 heteroatoms. The first-order valence-electron chi connectivity index (χ1n) is 8.50. The molecular formula is C18H22N4O2S. The summed E-state index contributed by atoms with van der Waals surface area (Å²) in [6.45, 7) is 2.64. The second-order valence-electron chi connectivity index (χ2n) is 6.13. The van der Waals surface area contributed by atoms with Gasteiger partial charge in [-0.3, -0.25) is 10.1 Å². The lowest BCUT2D eigenvalue weighted by atomic mass is 10.2. The number of nitro benzene ring substituents is 1. The van der Waals surface area contributed by atoms with E-state index in [1.54, 1.807) is 23.5 Å². The third-order valence-corrected chi connectivity index (χ3v) is 5.08. The highest BCUT2D eigenvalue weighted by Crippen LogP contribution is 2.23. The maximum absolute atomic E-state index is 10.7. The number of benzene rings is 1. The molecule has 1 aliphatic carbocycles. The molecule has 1 aromatic carbocycles. The summed E-state index contributed by atoms with van der Waals surface area (Å²) in [5.74, 6) is 0.807. The molecule has 1 aromatic heterocycles. The van der Waals surface area contributed by atoms with Crippen LogP contribution in [0.15, 0.2) is 46.8 Å². The zero-order valence-corrected chi connectivity index (χ0v) is 15.0. The predicted molar refractivity (Wildman–Crippen MR) is 101 cm³/mol. The molecule has 2 aromatic rings. The Hall–Kier alpha value is -2.41. The average Bonchev–Trinajstić information content (AvgIpc) is 3.27. The summed E-state index contributed by atoms with van der Waals surface area (Å²) in [7, 11) is 0. The van der Waals surface area contributed by atoms with Crippen molar-refractivity contribution in [3.05, 3.63) is 62.3 Å². The molecule has 0 bridgehead atoms. The fourth-order valence-corrected chi connectivity index (χ4v) is 3.34. The first kappa shape index (κ1) is 17.4. The zero-order valence-electron chi connectivity index (χ0n) is 14.1. The second kappa shape index (κ2) is 8.11. The third kappa shape index (κ3) is 5.03. The fourth-order valence-electron chi connectivity index (χ4n) is 2.48. The molecule has 0 aliphatic heterocycles. The quantitative estimate of drug-likeness (QED) is 0.339. The molecule has 1 heterocycles. The molecule has 25 heavy (non-hydrogen) atoms. The highest BCUT2D eigenvalue weighted by atomic mass is 32.1. The van der Waals surface area contributed by atoms with Crippen LogP contribution in [0.3, 0.4) is 0 Å². The zero-order chi connectivity index (χ0) is 17.6. The Kier molecular flexibility index (Phi) is 5.65. The number of thiophene rings is 1. The molecule has 1 unspecified atom stereocenters. The Morgan fingerprint density at radius 1 is 1.36 bits per heavy atom. The second-order valence-corrected chi connectivity index (χ2v) is 7.11. The van der Waals surface area contributed by atoms with Crippen molar-refractivity contribution >= 4 is 23.0 Å². The first-order valence-corrected chi connectivity index (χ1v) is 9.38. The molecule has 0 spiro atoms. The summed E-state index contributed by atoms with van der Waals surface area (Å²) in [6, 6.07) is 11.5. The number of nitrogens with zero attached hydrogens (tertiary/aromatic N) is 2. The molecule has 1 fully saturated rings. The molecule has 3 rings (SSSR count). The third-order valence-electron chi connectivity index (χ3n) is 4.09. The minimum Gasteiger partial charge on any atom is -0.354 e. The van der Waals surface area contributed by atoms with Gasteiger partial charge < -0.3 is 10.6 Å². The Labute approximate surface area is 151 Å². The Morgan fingerprint density at radius 3 is 2.68 bits per heavy atom. The monoisotopic (exact) mass is 358 g/mol. The van der Waals surface area contributed by atoms with Crippen LogP contribution in [0.5, 0.6) is 0 Å². The lowest BCUT2D eigenvalue weighted by Gasteiger charge is -2.19. The van der Waals surface area contributed by atoms with Gasteiger partial charge in [0.05, 0.1) is 17.5 Å². The van der Waals surface area contributed by atoms with Crippen LogP contribution < -0.4 is 10.6 Å². The summed E-state index contributed by atoms with van der Waals surface area (Å²) in [5.41, 5.74) is 1.05. The van der Waals surface area contributed by atoms with E-state index < -0.39 is 0 Å². The summed E-state index contributed by atoms with van der Waals surface area (Å²) in [4.78, 5) is 16.3. The Bertz CT molecular complexity index is 724. The van der Waals surface area contributed by atoms with Crippen LogP contribution in [0.4, 0.5) is 5.69 Å². The van der Waals surface area contributed by atoms with Crippen LogP contribution in [-0.4, -0.2) is 16.9 Å². The van der Waals surface area contributed by atoms with E-state index in [1.807, 2.05) is 0 Å². The molecule has 1 aliphatic rings. The van der Waals surface area contributed by atoms with Gasteiger partial charge in [-0.25, -0.2) is 4.99 Å². The van der Waals surface area contributed by atoms with Crippen molar-refractivity contribution < 1.29 is 4.92 Å². The average molecular weight is 358 g/mol. The van der Waals surface area contributed by atoms with Crippen LogP contribution in [0.25, 0.3) is 0 Å². The largest absolute Gasteiger partial charge is 0.354 e. The number of guanidine groups is 1. The van der Waals surface area contributed by atoms with Crippen molar-refractivity contribution in [1.29, 1.82) is 0 Å². The Balaban J connectivity index is 1.68. The molecule has 0 radical (unpaired) electrons. The fraction of sp³-hybridized carbons (Fsp3) is 0.389. The molecule has 6 nitrogen and oxygen atoms in total. The summed E-state index contributed by atoms with van der Waals surface area (Å²) in [6.07, 6.45) is 3.32. The first-order chi connectivity index (χ1) is 12.2. The summed E-state index contributed by atoms with van der Waals surface area (Å²) >= 11 is 1.74. The van der Waals surface area contributed by atoms with Crippen molar-refractivity contribution in [2.75, 3.05) is 0 Å². The van der Waals surface area contributed by atoms with Crippen molar-refractivity contribution in [1.82, 2.24) is 10.6 Å². The van der Waals surface area contributed by atoms with Gasteiger partial charge in [0.15, 0.2) is 5.96 Å². The van der Waals surface area contributed by atoms with Crippen LogP contribution >= 0.6 is 11.3 Å². The van der Waals surface area contributed by atoms with E-state index in [0.717, 1.165) is 17.9 Å². The highest BCUT2D eigenvalue weighted by molar-refractivity contribution is 7.10. The molecule has 132 valence electrons. The van der Waals surface area contributed by atoms with Crippen LogP contribution in [0, 0.1) is 10.1 Å². The maximum atomic E-state index is 10.7. The van der Waals surface area contributed by atoms with E-state index in [-0.39, 0.29) is 16.7 Å². The molecule has 0 saturated heterocycles. The van der Waals surface area contributed by atoms with Gasteiger partial charge in [-0.15, -0.1) is 11.3 Å². The lowest BCUT2D eigenvalue weighted by molar-refractivity contribution is -0.384. The number of rotatable bonds is 7. The molecule has 1 saturated carbocycles. The van der Waals surface area contributed by atoms with E-state index in [1.165, 1.54) is 29.9 Å². The standard InChI is InChI=1S/C18H22N4O2S/c1-2-16(17-4-3-11-25-17)21-18(20-14-7-8-14)19-12-13-5-9-15(10-6-13)22(23)24/h3-6,9-11,14,16H,2,7-8,12H2,1H3,(H2,19,20,21). The Morgan fingerprint density at radius 2 is 2.12 bits per heavy atom. The molecule has 1 atom stereocenters. The summed E-state index contributed by atoms with van der Waals surface area (Å²) in [5, 5.41) is 19.8. The summed E-state index contributed by atoms with van der Waals surface area (Å²) < 4.78 is 0. The minimum atomic E-state index is -0.387. The van der Waals surface area contributed by atoms with Crippen molar-refractivity contribution in [3.63, 3.8) is 0 Å². The molecule has 0 amide bonds. The van der Waals surface area contributed by atoms with Gasteiger partial charge in [-0.2, -0.15) is 0 Å². The number of hydrogen-bond donors (Lipinski definition) is 2. The van der Waals surface area contributed by atoms with Gasteiger partial charge in [0.1, 0.15) is 0 Å². The van der Waals surface area contributed by atoms with E-state index >= 15 is 0 Å². The number of nitro groups is 1. The number of aliphatic imine (C=N–C) groups is 1. The topological polar surface area (TPSA) is 79.6 Å².